The molecule has 1 aromatic heterocycles. The number of carbonyl (C=O) groups excluding carboxylic acids is 3. The molecule has 0 unspecified atom stereocenters. The van der Waals surface area contributed by atoms with Crippen molar-refractivity contribution in [3.63, 3.8) is 0 Å². The van der Waals surface area contributed by atoms with E-state index in [9.17, 15) is 14.4 Å². The first kappa shape index (κ1) is 21.3. The van der Waals surface area contributed by atoms with E-state index < -0.39 is 0 Å². The molecule has 4 rings (SSSR count). The van der Waals surface area contributed by atoms with Gasteiger partial charge in [-0.15, -0.1) is 0 Å². The number of nitrogens with one attached hydrogen (secondary N) is 1. The molecule has 7 heteroatoms. The third kappa shape index (κ3) is 5.03. The van der Waals surface area contributed by atoms with E-state index in [2.05, 4.69) is 5.32 Å². The zero-order valence-corrected chi connectivity index (χ0v) is 18.1. The van der Waals surface area contributed by atoms with Crippen LogP contribution in [0.2, 0.25) is 0 Å². The number of pyridine rings is 1. The number of hydrogen-bond acceptors (Lipinski definition) is 4. The third-order valence-electron chi connectivity index (χ3n) is 6.29. The predicted molar refractivity (Wildman–Crippen MR) is 120 cm³/mol. The minimum atomic E-state index is -0.109. The van der Waals surface area contributed by atoms with E-state index in [-0.39, 0.29) is 23.6 Å². The molecule has 0 aliphatic carbocycles. The Morgan fingerprint density at radius 1 is 1.16 bits per heavy atom. The fourth-order valence-corrected chi connectivity index (χ4v) is 4.65. The van der Waals surface area contributed by atoms with Gasteiger partial charge >= 0.3 is 0 Å². The average molecular weight is 423 g/mol. The fourth-order valence-electron chi connectivity index (χ4n) is 4.65. The standard InChI is InChI=1S/C24H30N4O3/c1-17(29)25-21-16-19-6-2-3-7-20(19)26-24(21)18-10-14-28(15-11-18)23(31)9-5-13-27-12-4-8-22(27)30/h2-3,6-7,16,18H,4-5,8-15H2,1H3,(H,25,29). The largest absolute Gasteiger partial charge is 0.343 e. The molecule has 3 heterocycles. The second-order valence-corrected chi connectivity index (χ2v) is 8.54. The van der Waals surface area contributed by atoms with Crippen LogP contribution < -0.4 is 5.32 Å². The lowest BCUT2D eigenvalue weighted by Gasteiger charge is -2.32. The highest BCUT2D eigenvalue weighted by molar-refractivity contribution is 5.93. The van der Waals surface area contributed by atoms with Gasteiger partial charge < -0.3 is 15.1 Å². The maximum Gasteiger partial charge on any atom is 0.222 e. The number of benzene rings is 1. The van der Waals surface area contributed by atoms with E-state index in [1.807, 2.05) is 40.1 Å². The minimum absolute atomic E-state index is 0.109. The number of amides is 3. The minimum Gasteiger partial charge on any atom is -0.343 e. The molecule has 0 radical (unpaired) electrons. The van der Waals surface area contributed by atoms with Crippen LogP contribution in [-0.2, 0) is 14.4 Å². The molecule has 2 aliphatic rings. The summed E-state index contributed by atoms with van der Waals surface area (Å²) in [6.07, 6.45) is 4.44. The number of para-hydroxylation sites is 1. The normalized spacial score (nSPS) is 17.4. The van der Waals surface area contributed by atoms with Crippen LogP contribution in [0, 0.1) is 0 Å². The molecule has 2 aromatic rings. The van der Waals surface area contributed by atoms with Crippen molar-refractivity contribution >= 4 is 34.3 Å². The zero-order valence-electron chi connectivity index (χ0n) is 18.1. The number of nitrogens with zero attached hydrogens (tertiary/aromatic N) is 3. The summed E-state index contributed by atoms with van der Waals surface area (Å²) in [5.41, 5.74) is 2.60. The fraction of sp³-hybridized carbons (Fsp3) is 0.500. The Morgan fingerprint density at radius 3 is 2.65 bits per heavy atom. The number of carbonyl (C=O) groups is 3. The summed E-state index contributed by atoms with van der Waals surface area (Å²) in [5.74, 6) is 0.477. The summed E-state index contributed by atoms with van der Waals surface area (Å²) in [6, 6.07) is 9.91. The quantitative estimate of drug-likeness (QED) is 0.774. The van der Waals surface area contributed by atoms with Crippen LogP contribution >= 0.6 is 0 Å². The lowest BCUT2D eigenvalue weighted by molar-refractivity contribution is -0.133. The highest BCUT2D eigenvalue weighted by Crippen LogP contribution is 2.34. The molecule has 7 nitrogen and oxygen atoms in total. The first-order valence-electron chi connectivity index (χ1n) is 11.2. The van der Waals surface area contributed by atoms with Crippen LogP contribution in [0.5, 0.6) is 0 Å². The van der Waals surface area contributed by atoms with Gasteiger partial charge in [-0.1, -0.05) is 18.2 Å². The van der Waals surface area contributed by atoms with Crippen molar-refractivity contribution < 1.29 is 14.4 Å². The monoisotopic (exact) mass is 422 g/mol. The van der Waals surface area contributed by atoms with Gasteiger partial charge in [-0.25, -0.2) is 0 Å². The Hall–Kier alpha value is -2.96. The summed E-state index contributed by atoms with van der Waals surface area (Å²) < 4.78 is 0. The predicted octanol–water partition coefficient (Wildman–Crippen LogP) is 3.30. The molecule has 2 saturated heterocycles. The molecule has 3 amide bonds. The molecule has 2 aliphatic heterocycles. The Labute approximate surface area is 182 Å². The van der Waals surface area contributed by atoms with Gasteiger partial charge in [0.05, 0.1) is 16.9 Å². The first-order chi connectivity index (χ1) is 15.0. The lowest BCUT2D eigenvalue weighted by atomic mass is 9.91. The SMILES string of the molecule is CC(=O)Nc1cc2ccccc2nc1C1CCN(C(=O)CCCN2CCCC2=O)CC1. The number of likely N-dealkylation sites (tertiary alicyclic amines) is 2. The second kappa shape index (κ2) is 9.45. The van der Waals surface area contributed by atoms with Gasteiger partial charge in [-0.05, 0) is 37.8 Å². The molecule has 31 heavy (non-hydrogen) atoms. The second-order valence-electron chi connectivity index (χ2n) is 8.54. The number of fused-ring (bicyclic) bond motifs is 1. The number of piperidine rings is 1. The van der Waals surface area contributed by atoms with Gasteiger partial charge in [0.1, 0.15) is 0 Å². The Kier molecular flexibility index (Phi) is 6.49. The number of aromatic nitrogens is 1. The van der Waals surface area contributed by atoms with E-state index in [0.29, 0.717) is 32.5 Å². The van der Waals surface area contributed by atoms with E-state index in [1.165, 1.54) is 6.92 Å². The van der Waals surface area contributed by atoms with Crippen molar-refractivity contribution in [3.05, 3.63) is 36.0 Å². The van der Waals surface area contributed by atoms with Gasteiger partial charge in [0, 0.05) is 57.2 Å². The first-order valence-corrected chi connectivity index (χ1v) is 11.2. The molecule has 0 atom stereocenters. The van der Waals surface area contributed by atoms with Crippen LogP contribution in [0.15, 0.2) is 30.3 Å². The summed E-state index contributed by atoms with van der Waals surface area (Å²) in [6.45, 7) is 4.41. The molecular weight excluding hydrogens is 392 g/mol. The van der Waals surface area contributed by atoms with Gasteiger partial charge in [0.25, 0.3) is 0 Å². The summed E-state index contributed by atoms with van der Waals surface area (Å²) in [5, 5.41) is 3.94. The molecule has 1 N–H and O–H groups in total. The molecule has 0 bridgehead atoms. The molecule has 164 valence electrons. The van der Waals surface area contributed by atoms with Crippen LogP contribution in [0.3, 0.4) is 0 Å². The maximum atomic E-state index is 12.6. The molecule has 0 spiro atoms. The van der Waals surface area contributed by atoms with Crippen molar-refractivity contribution in [2.75, 3.05) is 31.5 Å². The van der Waals surface area contributed by atoms with Gasteiger partial charge in [0.2, 0.25) is 17.7 Å². The highest BCUT2D eigenvalue weighted by atomic mass is 16.2. The van der Waals surface area contributed by atoms with Crippen molar-refractivity contribution in [1.29, 1.82) is 0 Å². The lowest BCUT2D eigenvalue weighted by Crippen LogP contribution is -2.38. The van der Waals surface area contributed by atoms with Gasteiger partial charge in [-0.2, -0.15) is 0 Å². The Morgan fingerprint density at radius 2 is 1.94 bits per heavy atom. The van der Waals surface area contributed by atoms with Gasteiger partial charge in [-0.3, -0.25) is 19.4 Å². The average Bonchev–Trinajstić information content (AvgIpc) is 3.17. The molecular formula is C24H30N4O3. The van der Waals surface area contributed by atoms with Crippen molar-refractivity contribution in [1.82, 2.24) is 14.8 Å². The van der Waals surface area contributed by atoms with E-state index in [0.717, 1.165) is 54.5 Å². The maximum absolute atomic E-state index is 12.6. The van der Waals surface area contributed by atoms with Crippen molar-refractivity contribution in [2.24, 2.45) is 0 Å². The third-order valence-corrected chi connectivity index (χ3v) is 6.29. The van der Waals surface area contributed by atoms with Crippen LogP contribution in [0.4, 0.5) is 5.69 Å². The highest BCUT2D eigenvalue weighted by Gasteiger charge is 2.27. The van der Waals surface area contributed by atoms with E-state index in [1.54, 1.807) is 0 Å². The van der Waals surface area contributed by atoms with Crippen LogP contribution in [-0.4, -0.2) is 58.7 Å². The smallest absolute Gasteiger partial charge is 0.222 e. The number of hydrogen-bond donors (Lipinski definition) is 1. The summed E-state index contributed by atoms with van der Waals surface area (Å²) in [7, 11) is 0. The van der Waals surface area contributed by atoms with Crippen LogP contribution in [0.25, 0.3) is 10.9 Å². The molecule has 1 aromatic carbocycles. The van der Waals surface area contributed by atoms with Gasteiger partial charge in [0.15, 0.2) is 0 Å². The number of anilines is 1. The van der Waals surface area contributed by atoms with E-state index in [4.69, 9.17) is 4.98 Å². The van der Waals surface area contributed by atoms with Crippen LogP contribution in [0.1, 0.15) is 57.1 Å². The molecule has 0 saturated carbocycles. The van der Waals surface area contributed by atoms with Crippen molar-refractivity contribution in [2.45, 2.75) is 51.4 Å². The summed E-state index contributed by atoms with van der Waals surface area (Å²) in [4.78, 5) is 44.7. The summed E-state index contributed by atoms with van der Waals surface area (Å²) >= 11 is 0. The Balaban J connectivity index is 1.36. The zero-order chi connectivity index (χ0) is 21.8. The van der Waals surface area contributed by atoms with Crippen molar-refractivity contribution in [3.8, 4) is 0 Å². The Bertz CT molecular complexity index is 982. The van der Waals surface area contributed by atoms with E-state index >= 15 is 0 Å². The number of rotatable bonds is 6. The molecule has 2 fully saturated rings. The topological polar surface area (TPSA) is 82.6 Å².